The molecule has 0 spiro atoms. The lowest BCUT2D eigenvalue weighted by Crippen LogP contribution is -2.54. The minimum atomic E-state index is -4.81. The first-order chi connectivity index (χ1) is 19.3. The molecule has 1 saturated heterocycles. The molecule has 0 saturated carbocycles. The third-order valence-corrected chi connectivity index (χ3v) is 7.18. The Bertz CT molecular complexity index is 1720. The second-order valence-corrected chi connectivity index (χ2v) is 9.75. The van der Waals surface area contributed by atoms with E-state index in [1.54, 1.807) is 0 Å². The van der Waals surface area contributed by atoms with Gasteiger partial charge in [-0.1, -0.05) is 17.7 Å². The van der Waals surface area contributed by atoms with E-state index in [1.807, 2.05) is 0 Å². The van der Waals surface area contributed by atoms with E-state index in [-0.39, 0.29) is 40.7 Å². The van der Waals surface area contributed by atoms with Crippen LogP contribution in [0.5, 0.6) is 5.75 Å². The fourth-order valence-corrected chi connectivity index (χ4v) is 4.91. The number of carboxylic acid groups (broad SMARTS) is 1. The van der Waals surface area contributed by atoms with Gasteiger partial charge in [0.2, 0.25) is 0 Å². The number of methoxy groups -OCH3 is 1. The first kappa shape index (κ1) is 28.3. The number of amides is 1. The van der Waals surface area contributed by atoms with Crippen LogP contribution in [-0.2, 0) is 17.5 Å². The lowest BCUT2D eigenvalue weighted by molar-refractivity contribution is -0.138. The fourth-order valence-electron chi connectivity index (χ4n) is 4.67. The van der Waals surface area contributed by atoms with Gasteiger partial charge in [-0.2, -0.15) is 18.3 Å². The largest absolute Gasteiger partial charge is 0.507 e. The molecular weight excluding hydrogens is 577 g/mol. The van der Waals surface area contributed by atoms with E-state index in [1.165, 1.54) is 24.1 Å². The summed E-state index contributed by atoms with van der Waals surface area (Å²) in [6, 6.07) is 6.49. The minimum Gasteiger partial charge on any atom is -0.507 e. The first-order valence-corrected chi connectivity index (χ1v) is 12.3. The summed E-state index contributed by atoms with van der Waals surface area (Å²) in [6.07, 6.45) is -5.01. The van der Waals surface area contributed by atoms with Crippen molar-refractivity contribution in [2.75, 3.05) is 20.2 Å². The number of halogens is 6. The van der Waals surface area contributed by atoms with Gasteiger partial charge < -0.3 is 19.8 Å². The maximum absolute atomic E-state index is 15.7. The highest BCUT2D eigenvalue weighted by Gasteiger charge is 2.35. The number of ether oxygens (including phenoxy) is 1. The molecule has 41 heavy (non-hydrogen) atoms. The Labute approximate surface area is 233 Å². The molecule has 0 bridgehead atoms. The molecule has 0 unspecified atom stereocenters. The van der Waals surface area contributed by atoms with Crippen LogP contribution in [0.3, 0.4) is 0 Å². The van der Waals surface area contributed by atoms with Crippen molar-refractivity contribution in [1.82, 2.24) is 14.7 Å². The van der Waals surface area contributed by atoms with Crippen LogP contribution in [0.15, 0.2) is 42.5 Å². The third kappa shape index (κ3) is 5.06. The van der Waals surface area contributed by atoms with Crippen LogP contribution in [0.4, 0.5) is 22.0 Å². The molecule has 2 N–H and O–H groups in total. The number of aromatic nitrogens is 2. The van der Waals surface area contributed by atoms with E-state index >= 15 is 8.78 Å². The van der Waals surface area contributed by atoms with E-state index in [0.29, 0.717) is 6.07 Å². The molecule has 1 aliphatic rings. The number of aromatic hydroxyl groups is 1. The zero-order chi connectivity index (χ0) is 29.8. The van der Waals surface area contributed by atoms with Crippen LogP contribution in [0.2, 0.25) is 5.02 Å². The summed E-state index contributed by atoms with van der Waals surface area (Å²) in [6.45, 7) is -0.165. The van der Waals surface area contributed by atoms with E-state index in [0.717, 1.165) is 28.9 Å². The van der Waals surface area contributed by atoms with Gasteiger partial charge in [-0.25, -0.2) is 13.6 Å². The molecule has 1 fully saturated rings. The molecule has 0 atom stereocenters. The van der Waals surface area contributed by atoms with Crippen LogP contribution >= 0.6 is 11.6 Å². The number of alkyl halides is 3. The maximum Gasteiger partial charge on any atom is 0.416 e. The maximum atomic E-state index is 15.7. The highest BCUT2D eigenvalue weighted by Crippen LogP contribution is 2.39. The normalized spacial score (nSPS) is 14.0. The van der Waals surface area contributed by atoms with E-state index < -0.39 is 69.9 Å². The van der Waals surface area contributed by atoms with Crippen molar-refractivity contribution in [2.45, 2.75) is 18.8 Å². The van der Waals surface area contributed by atoms with E-state index in [9.17, 15) is 33.0 Å². The van der Waals surface area contributed by atoms with Crippen molar-refractivity contribution < 1.29 is 46.5 Å². The number of likely N-dealkylation sites (tertiary alicyclic amines) is 1. The fraction of sp³-hybridized carbons (Fsp3) is 0.222. The number of fused-ring (bicyclic) bond motifs is 1. The number of nitrogens with zero attached hydrogens (tertiary/aromatic N) is 3. The van der Waals surface area contributed by atoms with Crippen LogP contribution in [0.1, 0.15) is 31.8 Å². The van der Waals surface area contributed by atoms with Gasteiger partial charge in [0.25, 0.3) is 5.91 Å². The summed E-state index contributed by atoms with van der Waals surface area (Å²) >= 11 is 6.13. The molecule has 0 radical (unpaired) electrons. The molecule has 14 heteroatoms. The van der Waals surface area contributed by atoms with E-state index in [4.69, 9.17) is 16.3 Å². The Morgan fingerprint density at radius 2 is 1.83 bits per heavy atom. The lowest BCUT2D eigenvalue weighted by Gasteiger charge is -2.38. The number of carbonyl (C=O) groups excluding carboxylic acids is 1. The zero-order valence-corrected chi connectivity index (χ0v) is 21.7. The molecule has 5 rings (SSSR count). The van der Waals surface area contributed by atoms with Crippen molar-refractivity contribution >= 4 is 34.4 Å². The van der Waals surface area contributed by atoms with Crippen LogP contribution in [0, 0.1) is 11.6 Å². The topological polar surface area (TPSA) is 105 Å². The van der Waals surface area contributed by atoms with Gasteiger partial charge >= 0.3 is 12.1 Å². The Morgan fingerprint density at radius 3 is 2.46 bits per heavy atom. The van der Waals surface area contributed by atoms with Gasteiger partial charge in [0.15, 0.2) is 0 Å². The number of hydrogen-bond acceptors (Lipinski definition) is 5. The van der Waals surface area contributed by atoms with Crippen molar-refractivity contribution in [1.29, 1.82) is 0 Å². The molecule has 2 heterocycles. The quantitative estimate of drug-likeness (QED) is 0.282. The number of carboxylic acids is 1. The Kier molecular flexibility index (Phi) is 7.12. The molecule has 214 valence electrons. The average molecular weight is 596 g/mol. The van der Waals surface area contributed by atoms with Gasteiger partial charge in [-0.3, -0.25) is 9.48 Å². The van der Waals surface area contributed by atoms with Crippen molar-refractivity contribution in [3.05, 3.63) is 81.4 Å². The van der Waals surface area contributed by atoms with Gasteiger partial charge in [0.05, 0.1) is 29.1 Å². The number of phenols is 1. The minimum absolute atomic E-state index is 0.142. The monoisotopic (exact) mass is 595 g/mol. The Balaban J connectivity index is 1.72. The number of rotatable bonds is 6. The summed E-state index contributed by atoms with van der Waals surface area (Å²) in [5, 5.41) is 22.9. The predicted molar refractivity (Wildman–Crippen MR) is 136 cm³/mol. The summed E-state index contributed by atoms with van der Waals surface area (Å²) < 4.78 is 78.3. The smallest absolute Gasteiger partial charge is 0.416 e. The number of hydrogen-bond donors (Lipinski definition) is 2. The molecule has 4 aromatic rings. The van der Waals surface area contributed by atoms with Crippen LogP contribution in [-0.4, -0.2) is 63.1 Å². The van der Waals surface area contributed by atoms with Crippen molar-refractivity contribution in [2.24, 2.45) is 0 Å². The van der Waals surface area contributed by atoms with Gasteiger partial charge in [-0.15, -0.1) is 0 Å². The molecule has 1 aliphatic heterocycles. The summed E-state index contributed by atoms with van der Waals surface area (Å²) in [5.74, 6) is -5.28. The van der Waals surface area contributed by atoms with Crippen LogP contribution < -0.4 is 0 Å². The Hall–Kier alpha value is -4.23. The summed E-state index contributed by atoms with van der Waals surface area (Å²) in [7, 11) is 1.47. The van der Waals surface area contributed by atoms with Crippen molar-refractivity contribution in [3.63, 3.8) is 0 Å². The average Bonchev–Trinajstić information content (AvgIpc) is 3.23. The molecule has 3 aromatic carbocycles. The van der Waals surface area contributed by atoms with Gasteiger partial charge in [0.1, 0.15) is 28.6 Å². The van der Waals surface area contributed by atoms with E-state index in [2.05, 4.69) is 5.10 Å². The first-order valence-electron chi connectivity index (χ1n) is 11.9. The molecular formula is C27H19ClF5N3O5. The third-order valence-electron chi connectivity index (χ3n) is 6.82. The van der Waals surface area contributed by atoms with Gasteiger partial charge in [0, 0.05) is 41.9 Å². The van der Waals surface area contributed by atoms with Crippen molar-refractivity contribution in [3.8, 4) is 17.0 Å². The zero-order valence-electron chi connectivity index (χ0n) is 21.0. The van der Waals surface area contributed by atoms with Gasteiger partial charge in [-0.05, 0) is 36.4 Å². The number of aromatic carboxylic acids is 1. The predicted octanol–water partition coefficient (Wildman–Crippen LogP) is 5.58. The molecule has 8 nitrogen and oxygen atoms in total. The van der Waals surface area contributed by atoms with Crippen LogP contribution in [0.25, 0.3) is 22.2 Å². The summed E-state index contributed by atoms with van der Waals surface area (Å²) in [4.78, 5) is 25.7. The highest BCUT2D eigenvalue weighted by molar-refractivity contribution is 6.31. The lowest BCUT2D eigenvalue weighted by atomic mass is 10.0. The summed E-state index contributed by atoms with van der Waals surface area (Å²) in [5.41, 5.74) is -3.52. The molecule has 0 aliphatic carbocycles. The highest BCUT2D eigenvalue weighted by atomic mass is 35.5. The SMILES string of the molecule is COC1CN(C(=O)c2cc(F)c3c(-c4cc(O)c(C(=O)O)cc4F)nn(Cc4c(Cl)cccc4C(F)(F)F)c3c2)C1. The number of carbonyl (C=O) groups is 2. The second-order valence-electron chi connectivity index (χ2n) is 9.34. The Morgan fingerprint density at radius 1 is 1.12 bits per heavy atom. The number of benzene rings is 3. The molecule has 1 amide bonds. The molecule has 1 aromatic heterocycles. The standard InChI is InChI=1S/C27H19ClF5N3O5/c1-41-13-9-35(10-13)25(38)12-5-20(30)23-21(6-12)36(11-16-17(27(31,32)33)3-2-4-18(16)28)34-24(23)14-8-22(37)15(26(39)40)7-19(14)29/h2-8,13,37H,9-11H2,1H3,(H,39,40). The second kappa shape index (κ2) is 10.3.